The fraction of sp³-hybridized carbons (Fsp3) is 0.519. The van der Waals surface area contributed by atoms with Gasteiger partial charge in [0.05, 0.1) is 16.8 Å². The van der Waals surface area contributed by atoms with E-state index in [1.165, 1.54) is 0 Å². The lowest BCUT2D eigenvalue weighted by atomic mass is 10.1. The van der Waals surface area contributed by atoms with E-state index >= 15 is 0 Å². The van der Waals surface area contributed by atoms with Gasteiger partial charge < -0.3 is 15.4 Å². The number of rotatable bonds is 12. The molecule has 0 saturated carbocycles. The highest BCUT2D eigenvalue weighted by atomic mass is 32.2. The van der Waals surface area contributed by atoms with Gasteiger partial charge >= 0.3 is 0 Å². The molecule has 1 aliphatic heterocycles. The number of ether oxygens (including phenoxy) is 1. The number of hydrogen-bond acceptors (Lipinski definition) is 8. The summed E-state index contributed by atoms with van der Waals surface area (Å²) in [5.74, 6) is 2.76. The molecular formula is C27H40N6O2S2. The standard InChI is InChI=1S/C27H40N6O2S2/c1-8-19(6)25(35-23-16-30-24(14-20(23)7)33-37(34)18(4)5)26(36-17(2)3)22-11-13-29-27(32-22)31-21-10-9-12-28-15-21/h11,13-14,16,18-19,21,28H,2,8-10,12,15H2,1,3-7H3,(H,30,33)(H,29,31,32)/b26-25+. The third-order valence-corrected chi connectivity index (χ3v) is 8.22. The van der Waals surface area contributed by atoms with Crippen LogP contribution in [0.15, 0.2) is 41.8 Å². The van der Waals surface area contributed by atoms with Crippen LogP contribution in [0.5, 0.6) is 5.75 Å². The Morgan fingerprint density at radius 1 is 1.35 bits per heavy atom. The summed E-state index contributed by atoms with van der Waals surface area (Å²) in [5, 5.41) is 6.89. The van der Waals surface area contributed by atoms with Gasteiger partial charge in [-0.05, 0) is 76.1 Å². The van der Waals surface area contributed by atoms with E-state index in [0.29, 0.717) is 23.6 Å². The highest BCUT2D eigenvalue weighted by molar-refractivity contribution is 8.11. The van der Waals surface area contributed by atoms with Crippen molar-refractivity contribution in [1.82, 2.24) is 20.3 Å². The number of nitrogens with zero attached hydrogens (tertiary/aromatic N) is 3. The van der Waals surface area contributed by atoms with Crippen molar-refractivity contribution < 1.29 is 8.95 Å². The highest BCUT2D eigenvalue weighted by Crippen LogP contribution is 2.39. The van der Waals surface area contributed by atoms with E-state index in [-0.39, 0.29) is 11.2 Å². The van der Waals surface area contributed by atoms with Crippen LogP contribution in [0.1, 0.15) is 65.1 Å². The maximum Gasteiger partial charge on any atom is 0.223 e. The van der Waals surface area contributed by atoms with Crippen molar-refractivity contribution >= 4 is 39.4 Å². The van der Waals surface area contributed by atoms with Crippen molar-refractivity contribution in [2.24, 2.45) is 5.92 Å². The molecule has 1 saturated heterocycles. The lowest BCUT2D eigenvalue weighted by Crippen LogP contribution is -2.38. The lowest BCUT2D eigenvalue weighted by molar-refractivity contribution is 0.354. The number of aromatic nitrogens is 3. The van der Waals surface area contributed by atoms with Crippen molar-refractivity contribution in [3.8, 4) is 5.75 Å². The number of allylic oxidation sites excluding steroid dienone is 2. The zero-order valence-electron chi connectivity index (χ0n) is 22.8. The minimum atomic E-state index is -1.20. The first kappa shape index (κ1) is 29.1. The van der Waals surface area contributed by atoms with Crippen LogP contribution >= 0.6 is 11.8 Å². The maximum atomic E-state index is 12.2. The number of piperidine rings is 1. The summed E-state index contributed by atoms with van der Waals surface area (Å²) in [7, 11) is -1.20. The molecule has 37 heavy (non-hydrogen) atoms. The number of pyridine rings is 1. The van der Waals surface area contributed by atoms with Crippen LogP contribution in [-0.4, -0.2) is 43.5 Å². The second-order valence-corrected chi connectivity index (χ2v) is 12.7. The summed E-state index contributed by atoms with van der Waals surface area (Å²) >= 11 is 1.56. The summed E-state index contributed by atoms with van der Waals surface area (Å²) in [5.41, 5.74) is 1.69. The zero-order valence-corrected chi connectivity index (χ0v) is 24.4. The van der Waals surface area contributed by atoms with Gasteiger partial charge in [-0.3, -0.25) is 4.72 Å². The van der Waals surface area contributed by atoms with E-state index in [2.05, 4.69) is 45.8 Å². The third-order valence-electron chi connectivity index (χ3n) is 5.99. The minimum absolute atomic E-state index is 0.0127. The Kier molecular flexibility index (Phi) is 11.0. The lowest BCUT2D eigenvalue weighted by Gasteiger charge is -2.24. The van der Waals surface area contributed by atoms with Crippen molar-refractivity contribution in [1.29, 1.82) is 0 Å². The van der Waals surface area contributed by atoms with E-state index in [1.807, 2.05) is 39.8 Å². The van der Waals surface area contributed by atoms with Gasteiger partial charge in [-0.25, -0.2) is 19.2 Å². The van der Waals surface area contributed by atoms with Gasteiger partial charge in [-0.1, -0.05) is 32.2 Å². The van der Waals surface area contributed by atoms with Crippen LogP contribution in [0.4, 0.5) is 11.8 Å². The number of hydrogen-bond donors (Lipinski definition) is 3. The van der Waals surface area contributed by atoms with Gasteiger partial charge in [-0.15, -0.1) is 0 Å². The first-order chi connectivity index (χ1) is 17.7. The molecule has 1 aliphatic rings. The van der Waals surface area contributed by atoms with Crippen molar-refractivity contribution in [3.63, 3.8) is 0 Å². The molecule has 3 atom stereocenters. The molecule has 3 heterocycles. The number of anilines is 2. The topological polar surface area (TPSA) is 101 Å². The maximum absolute atomic E-state index is 12.2. The second kappa shape index (κ2) is 13.9. The number of thioether (sulfide) groups is 1. The van der Waals surface area contributed by atoms with Gasteiger partial charge in [0.2, 0.25) is 5.95 Å². The summed E-state index contributed by atoms with van der Waals surface area (Å²) in [6.45, 7) is 18.1. The van der Waals surface area contributed by atoms with Crippen LogP contribution in [0.3, 0.4) is 0 Å². The average Bonchev–Trinajstić information content (AvgIpc) is 2.87. The fourth-order valence-electron chi connectivity index (χ4n) is 3.72. The van der Waals surface area contributed by atoms with Crippen LogP contribution in [0.2, 0.25) is 0 Å². The van der Waals surface area contributed by atoms with Gasteiger partial charge in [-0.2, -0.15) is 0 Å². The number of aryl methyl sites for hydroxylation is 1. The van der Waals surface area contributed by atoms with Gasteiger partial charge in [0, 0.05) is 30.0 Å². The summed E-state index contributed by atoms with van der Waals surface area (Å²) in [4.78, 5) is 15.7. The molecule has 0 amide bonds. The summed E-state index contributed by atoms with van der Waals surface area (Å²) in [6.07, 6.45) is 6.58. The van der Waals surface area contributed by atoms with Crippen LogP contribution in [-0.2, 0) is 11.0 Å². The Bertz CT molecular complexity index is 1130. The van der Waals surface area contributed by atoms with Crippen molar-refractivity contribution in [2.45, 2.75) is 72.1 Å². The first-order valence-electron chi connectivity index (χ1n) is 12.9. The molecule has 3 unspecified atom stereocenters. The molecule has 0 radical (unpaired) electrons. The predicted molar refractivity (Wildman–Crippen MR) is 157 cm³/mol. The van der Waals surface area contributed by atoms with Crippen LogP contribution in [0.25, 0.3) is 4.91 Å². The SMILES string of the molecule is C=C(C)S/C(=C(/Oc1cnc(NS(=O)C(C)C)cc1C)C(C)CC)c1ccnc(NC2CCCNC2)n1. The van der Waals surface area contributed by atoms with Gasteiger partial charge in [0.25, 0.3) is 0 Å². The Labute approximate surface area is 228 Å². The number of nitrogens with one attached hydrogen (secondary N) is 3. The van der Waals surface area contributed by atoms with E-state index in [1.54, 1.807) is 24.2 Å². The molecule has 3 N–H and O–H groups in total. The minimum Gasteiger partial charge on any atom is -0.458 e. The molecule has 1 fully saturated rings. The highest BCUT2D eigenvalue weighted by Gasteiger charge is 2.22. The molecule has 0 aliphatic carbocycles. The Hall–Kier alpha value is -2.43. The Morgan fingerprint density at radius 3 is 2.76 bits per heavy atom. The molecule has 3 rings (SSSR count). The molecule has 0 bridgehead atoms. The Balaban J connectivity index is 1.97. The Morgan fingerprint density at radius 2 is 2.14 bits per heavy atom. The molecule has 2 aromatic rings. The molecule has 2 aromatic heterocycles. The average molecular weight is 545 g/mol. The van der Waals surface area contributed by atoms with Crippen molar-refractivity contribution in [3.05, 3.63) is 53.0 Å². The van der Waals surface area contributed by atoms with Crippen molar-refractivity contribution in [2.75, 3.05) is 23.1 Å². The monoisotopic (exact) mass is 544 g/mol. The fourth-order valence-corrected chi connectivity index (χ4v) is 5.18. The van der Waals surface area contributed by atoms with E-state index < -0.39 is 11.0 Å². The van der Waals surface area contributed by atoms with Gasteiger partial charge in [0.1, 0.15) is 28.3 Å². The van der Waals surface area contributed by atoms with Crippen LogP contribution < -0.4 is 20.1 Å². The van der Waals surface area contributed by atoms with E-state index in [4.69, 9.17) is 9.72 Å². The van der Waals surface area contributed by atoms with Crippen LogP contribution in [0, 0.1) is 12.8 Å². The van der Waals surface area contributed by atoms with E-state index in [0.717, 1.165) is 59.2 Å². The molecule has 202 valence electrons. The largest absolute Gasteiger partial charge is 0.458 e. The second-order valence-electron chi connectivity index (χ2n) is 9.65. The summed E-state index contributed by atoms with van der Waals surface area (Å²) in [6, 6.07) is 4.09. The summed E-state index contributed by atoms with van der Waals surface area (Å²) < 4.78 is 21.7. The molecule has 0 spiro atoms. The quantitative estimate of drug-likeness (QED) is 0.285. The normalized spacial score (nSPS) is 18.1. The third kappa shape index (κ3) is 8.55. The smallest absolute Gasteiger partial charge is 0.223 e. The molecule has 10 heteroatoms. The molecular weight excluding hydrogens is 504 g/mol. The molecule has 8 nitrogen and oxygen atoms in total. The van der Waals surface area contributed by atoms with E-state index in [9.17, 15) is 4.21 Å². The zero-order chi connectivity index (χ0) is 26.9. The first-order valence-corrected chi connectivity index (χ1v) is 14.9. The van der Waals surface area contributed by atoms with Gasteiger partial charge in [0.15, 0.2) is 0 Å². The predicted octanol–water partition coefficient (Wildman–Crippen LogP) is 5.89. The molecule has 0 aromatic carbocycles.